The van der Waals surface area contributed by atoms with Crippen LogP contribution in [0.4, 0.5) is 4.39 Å². The second-order valence-electron chi connectivity index (χ2n) is 2.87. The Kier molecular flexibility index (Phi) is 3.77. The Labute approximate surface area is 91.0 Å². The molecule has 5 heteroatoms. The topological polar surface area (TPSA) is 63.6 Å². The SMILES string of the molecule is COc1c(/C=C/C(=O)O)ccc(F)c1C=O. The number of rotatable bonds is 4. The van der Waals surface area contributed by atoms with Crippen LogP contribution >= 0.6 is 0 Å². The molecule has 0 atom stereocenters. The summed E-state index contributed by atoms with van der Waals surface area (Å²) in [7, 11) is 1.28. The van der Waals surface area contributed by atoms with Crippen LogP contribution in [0.3, 0.4) is 0 Å². The molecule has 0 unspecified atom stereocenters. The summed E-state index contributed by atoms with van der Waals surface area (Å²) in [4.78, 5) is 21.0. The third kappa shape index (κ3) is 2.44. The molecule has 0 heterocycles. The third-order valence-electron chi connectivity index (χ3n) is 1.90. The Morgan fingerprint density at radius 1 is 1.50 bits per heavy atom. The van der Waals surface area contributed by atoms with Gasteiger partial charge in [-0.25, -0.2) is 9.18 Å². The zero-order chi connectivity index (χ0) is 12.1. The molecular formula is C11H9FO4. The number of aldehydes is 1. The zero-order valence-electron chi connectivity index (χ0n) is 8.44. The van der Waals surface area contributed by atoms with Crippen LogP contribution in [0.2, 0.25) is 0 Å². The van der Waals surface area contributed by atoms with E-state index in [9.17, 15) is 14.0 Å². The Morgan fingerprint density at radius 2 is 2.19 bits per heavy atom. The Hall–Kier alpha value is -2.17. The van der Waals surface area contributed by atoms with E-state index in [4.69, 9.17) is 9.84 Å². The van der Waals surface area contributed by atoms with E-state index in [0.29, 0.717) is 11.8 Å². The molecule has 0 saturated heterocycles. The molecule has 0 radical (unpaired) electrons. The van der Waals surface area contributed by atoms with Gasteiger partial charge in [-0.3, -0.25) is 4.79 Å². The second kappa shape index (κ2) is 5.06. The molecule has 84 valence electrons. The van der Waals surface area contributed by atoms with Crippen LogP contribution in [0.15, 0.2) is 18.2 Å². The first-order valence-electron chi connectivity index (χ1n) is 4.32. The first-order chi connectivity index (χ1) is 7.60. The number of carbonyl (C=O) groups is 2. The molecule has 0 saturated carbocycles. The molecule has 1 rings (SSSR count). The number of halogens is 1. The van der Waals surface area contributed by atoms with E-state index >= 15 is 0 Å². The minimum absolute atomic E-state index is 0.0208. The van der Waals surface area contributed by atoms with Crippen LogP contribution in [0.5, 0.6) is 5.75 Å². The summed E-state index contributed by atoms with van der Waals surface area (Å²) in [6.07, 6.45) is 2.43. The summed E-state index contributed by atoms with van der Waals surface area (Å²) in [5, 5.41) is 8.45. The lowest BCUT2D eigenvalue weighted by molar-refractivity contribution is -0.131. The van der Waals surface area contributed by atoms with Crippen LogP contribution in [0.1, 0.15) is 15.9 Å². The van der Waals surface area contributed by atoms with Crippen LogP contribution in [-0.2, 0) is 4.79 Å². The van der Waals surface area contributed by atoms with Crippen LogP contribution < -0.4 is 4.74 Å². The number of carboxylic acid groups (broad SMARTS) is 1. The number of hydrogen-bond acceptors (Lipinski definition) is 3. The van der Waals surface area contributed by atoms with Crippen molar-refractivity contribution in [1.29, 1.82) is 0 Å². The van der Waals surface area contributed by atoms with Crippen molar-refractivity contribution in [3.63, 3.8) is 0 Å². The summed E-state index contributed by atoms with van der Waals surface area (Å²) >= 11 is 0. The maximum absolute atomic E-state index is 13.2. The number of hydrogen-bond donors (Lipinski definition) is 1. The second-order valence-corrected chi connectivity index (χ2v) is 2.87. The average Bonchev–Trinajstić information content (AvgIpc) is 2.26. The van der Waals surface area contributed by atoms with E-state index in [1.165, 1.54) is 19.3 Å². The third-order valence-corrected chi connectivity index (χ3v) is 1.90. The minimum atomic E-state index is -1.14. The summed E-state index contributed by atoms with van der Waals surface area (Å²) in [5.74, 6) is -1.83. The smallest absolute Gasteiger partial charge is 0.328 e. The predicted molar refractivity (Wildman–Crippen MR) is 55.0 cm³/mol. The fourth-order valence-electron chi connectivity index (χ4n) is 1.22. The fraction of sp³-hybridized carbons (Fsp3) is 0.0909. The quantitative estimate of drug-likeness (QED) is 0.625. The van der Waals surface area contributed by atoms with Gasteiger partial charge in [0.1, 0.15) is 11.6 Å². The van der Waals surface area contributed by atoms with E-state index in [0.717, 1.165) is 12.1 Å². The highest BCUT2D eigenvalue weighted by Gasteiger charge is 2.12. The highest BCUT2D eigenvalue weighted by molar-refractivity contribution is 5.88. The minimum Gasteiger partial charge on any atom is -0.495 e. The van der Waals surface area contributed by atoms with Crippen molar-refractivity contribution in [1.82, 2.24) is 0 Å². The molecule has 0 fully saturated rings. The van der Waals surface area contributed by atoms with Gasteiger partial charge < -0.3 is 9.84 Å². The van der Waals surface area contributed by atoms with Crippen LogP contribution in [0.25, 0.3) is 6.08 Å². The molecule has 4 nitrogen and oxygen atoms in total. The van der Waals surface area contributed by atoms with E-state index in [2.05, 4.69) is 0 Å². The lowest BCUT2D eigenvalue weighted by Gasteiger charge is -2.07. The fourth-order valence-corrected chi connectivity index (χ4v) is 1.22. The maximum Gasteiger partial charge on any atom is 0.328 e. The molecule has 1 N–H and O–H groups in total. The van der Waals surface area contributed by atoms with Crippen molar-refractivity contribution in [2.24, 2.45) is 0 Å². The van der Waals surface area contributed by atoms with Crippen molar-refractivity contribution in [2.45, 2.75) is 0 Å². The first-order valence-corrected chi connectivity index (χ1v) is 4.32. The van der Waals surface area contributed by atoms with E-state index < -0.39 is 11.8 Å². The molecular weight excluding hydrogens is 215 g/mol. The van der Waals surface area contributed by atoms with Crippen LogP contribution in [-0.4, -0.2) is 24.5 Å². The predicted octanol–water partition coefficient (Wildman–Crippen LogP) is 1.74. The normalized spacial score (nSPS) is 10.4. The first kappa shape index (κ1) is 11.9. The Balaban J connectivity index is 3.29. The van der Waals surface area contributed by atoms with Crippen LogP contribution in [0, 0.1) is 5.82 Å². The molecule has 0 aliphatic carbocycles. The zero-order valence-corrected chi connectivity index (χ0v) is 8.44. The van der Waals surface area contributed by atoms with Crippen molar-refractivity contribution in [2.75, 3.05) is 7.11 Å². The average molecular weight is 224 g/mol. The van der Waals surface area contributed by atoms with Gasteiger partial charge >= 0.3 is 5.97 Å². The number of carboxylic acids is 1. The van der Waals surface area contributed by atoms with Gasteiger partial charge in [0.15, 0.2) is 6.29 Å². The van der Waals surface area contributed by atoms with Gasteiger partial charge in [-0.15, -0.1) is 0 Å². The molecule has 0 spiro atoms. The van der Waals surface area contributed by atoms with Crippen molar-refractivity contribution in [3.05, 3.63) is 35.2 Å². The molecule has 1 aromatic carbocycles. The van der Waals surface area contributed by atoms with Gasteiger partial charge in [0.05, 0.1) is 12.7 Å². The molecule has 0 aliphatic heterocycles. The molecule has 16 heavy (non-hydrogen) atoms. The maximum atomic E-state index is 13.2. The monoisotopic (exact) mass is 224 g/mol. The van der Waals surface area contributed by atoms with Gasteiger partial charge in [-0.05, 0) is 18.2 Å². The van der Waals surface area contributed by atoms with Crippen molar-refractivity contribution >= 4 is 18.3 Å². The Morgan fingerprint density at radius 3 is 2.69 bits per heavy atom. The molecule has 0 aliphatic rings. The van der Waals surface area contributed by atoms with Gasteiger partial charge in [0, 0.05) is 11.6 Å². The van der Waals surface area contributed by atoms with Crippen molar-refractivity contribution < 1.29 is 23.8 Å². The van der Waals surface area contributed by atoms with Crippen molar-refractivity contribution in [3.8, 4) is 5.75 Å². The molecule has 0 amide bonds. The summed E-state index contributed by atoms with van der Waals surface area (Å²) in [5.41, 5.74) is 0.100. The van der Waals surface area contributed by atoms with E-state index in [-0.39, 0.29) is 11.3 Å². The number of aliphatic carboxylic acids is 1. The summed E-state index contributed by atoms with van der Waals surface area (Å²) in [6.45, 7) is 0. The highest BCUT2D eigenvalue weighted by atomic mass is 19.1. The lowest BCUT2D eigenvalue weighted by Crippen LogP contribution is -1.97. The molecule has 1 aromatic rings. The molecule has 0 bridgehead atoms. The highest BCUT2D eigenvalue weighted by Crippen LogP contribution is 2.26. The summed E-state index contributed by atoms with van der Waals surface area (Å²) in [6, 6.07) is 2.41. The number of benzene rings is 1. The van der Waals surface area contributed by atoms with E-state index in [1.54, 1.807) is 0 Å². The number of ether oxygens (including phenoxy) is 1. The largest absolute Gasteiger partial charge is 0.495 e. The standard InChI is InChI=1S/C11H9FO4/c1-16-11-7(3-5-10(14)15)2-4-9(12)8(11)6-13/h2-6H,1H3,(H,14,15)/b5-3+. The summed E-state index contributed by atoms with van der Waals surface area (Å²) < 4.78 is 18.0. The lowest BCUT2D eigenvalue weighted by atomic mass is 10.1. The van der Waals surface area contributed by atoms with Gasteiger partial charge in [0.25, 0.3) is 0 Å². The van der Waals surface area contributed by atoms with E-state index in [1.807, 2.05) is 0 Å². The number of carbonyl (C=O) groups excluding carboxylic acids is 1. The number of methoxy groups -OCH3 is 1. The Bertz CT molecular complexity index is 452. The van der Waals surface area contributed by atoms with Gasteiger partial charge in [0.2, 0.25) is 0 Å². The van der Waals surface area contributed by atoms with Gasteiger partial charge in [-0.2, -0.15) is 0 Å². The molecule has 0 aromatic heterocycles. The van der Waals surface area contributed by atoms with Gasteiger partial charge in [-0.1, -0.05) is 0 Å².